The molecule has 1 aliphatic rings. The fourth-order valence-electron chi connectivity index (χ4n) is 2.34. The van der Waals surface area contributed by atoms with Gasteiger partial charge in [-0.15, -0.1) is 0 Å². The minimum absolute atomic E-state index is 0.151. The van der Waals surface area contributed by atoms with Gasteiger partial charge in [0.1, 0.15) is 10.8 Å². The maximum atomic E-state index is 13.2. The highest BCUT2D eigenvalue weighted by atomic mass is 32.2. The van der Waals surface area contributed by atoms with Crippen molar-refractivity contribution in [3.05, 3.63) is 57.9 Å². The van der Waals surface area contributed by atoms with Gasteiger partial charge in [0.15, 0.2) is 0 Å². The van der Waals surface area contributed by atoms with Crippen LogP contribution in [0.15, 0.2) is 40.4 Å². The molecule has 2 N–H and O–H groups in total. The zero-order valence-corrected chi connectivity index (χ0v) is 11.1. The summed E-state index contributed by atoms with van der Waals surface area (Å²) in [4.78, 5) is 18.7. The van der Waals surface area contributed by atoms with Gasteiger partial charge in [0.2, 0.25) is 0 Å². The summed E-state index contributed by atoms with van der Waals surface area (Å²) in [6.07, 6.45) is 1.92. The van der Waals surface area contributed by atoms with Gasteiger partial charge in [-0.3, -0.25) is 4.79 Å². The Morgan fingerprint density at radius 1 is 1.47 bits per heavy atom. The van der Waals surface area contributed by atoms with Crippen molar-refractivity contribution in [2.24, 2.45) is 0 Å². The lowest BCUT2D eigenvalue weighted by Gasteiger charge is -2.23. The number of benzene rings is 1. The molecular formula is C13H12FN3OS. The van der Waals surface area contributed by atoms with Crippen LogP contribution >= 0.6 is 11.9 Å². The Bertz CT molecular complexity index is 688. The van der Waals surface area contributed by atoms with Crippen molar-refractivity contribution >= 4 is 11.9 Å². The Morgan fingerprint density at radius 3 is 3.11 bits per heavy atom. The fourth-order valence-corrected chi connectivity index (χ4v) is 3.36. The second-order valence-electron chi connectivity index (χ2n) is 4.75. The lowest BCUT2D eigenvalue weighted by atomic mass is 9.88. The van der Waals surface area contributed by atoms with Gasteiger partial charge in [-0.1, -0.05) is 12.1 Å². The summed E-state index contributed by atoms with van der Waals surface area (Å²) in [5.41, 5.74) is 0.757. The first kappa shape index (κ1) is 12.4. The first-order valence-electron chi connectivity index (χ1n) is 5.85. The largest absolute Gasteiger partial charge is 0.313 e. The summed E-state index contributed by atoms with van der Waals surface area (Å²) in [7, 11) is 0. The molecule has 1 aromatic carbocycles. The highest BCUT2D eigenvalue weighted by Crippen LogP contribution is 2.37. The molecule has 0 radical (unpaired) electrons. The smallest absolute Gasteiger partial charge is 0.256 e. The second-order valence-corrected chi connectivity index (χ2v) is 5.55. The molecule has 2 heterocycles. The van der Waals surface area contributed by atoms with Crippen molar-refractivity contribution in [3.8, 4) is 0 Å². The van der Waals surface area contributed by atoms with E-state index in [0.29, 0.717) is 17.0 Å². The van der Waals surface area contributed by atoms with Crippen molar-refractivity contribution in [2.45, 2.75) is 23.9 Å². The van der Waals surface area contributed by atoms with Crippen molar-refractivity contribution < 1.29 is 4.39 Å². The summed E-state index contributed by atoms with van der Waals surface area (Å²) in [5, 5.41) is 0.683. The molecule has 0 amide bonds. The van der Waals surface area contributed by atoms with Crippen LogP contribution in [0.2, 0.25) is 0 Å². The highest BCUT2D eigenvalue weighted by molar-refractivity contribution is 7.97. The molecule has 0 saturated heterocycles. The molecule has 1 unspecified atom stereocenters. The number of hydrogen-bond acceptors (Lipinski definition) is 4. The molecular weight excluding hydrogens is 265 g/mol. The molecule has 98 valence electrons. The SMILES string of the molecule is CC1(Cc2cccc(F)c2)NSc2nc[nH]c(=O)c21. The van der Waals surface area contributed by atoms with Crippen LogP contribution in [0.1, 0.15) is 18.1 Å². The molecule has 0 aliphatic carbocycles. The van der Waals surface area contributed by atoms with E-state index in [1.165, 1.54) is 30.4 Å². The number of rotatable bonds is 2. The van der Waals surface area contributed by atoms with Gasteiger partial charge in [-0.05, 0) is 43.0 Å². The van der Waals surface area contributed by atoms with Crippen molar-refractivity contribution in [3.63, 3.8) is 0 Å². The van der Waals surface area contributed by atoms with E-state index < -0.39 is 5.54 Å². The van der Waals surface area contributed by atoms with E-state index in [-0.39, 0.29) is 11.4 Å². The Hall–Kier alpha value is -1.66. The standard InChI is InChI=1S/C13H12FN3OS/c1-13(6-8-3-2-4-9(14)5-8)10-11(18)15-7-16-12(10)19-17-13/h2-5,7,17H,6H2,1H3,(H,15,16,18). The fraction of sp³-hybridized carbons (Fsp3) is 0.231. The van der Waals surface area contributed by atoms with Crippen LogP contribution in [0.25, 0.3) is 0 Å². The van der Waals surface area contributed by atoms with E-state index in [1.54, 1.807) is 6.07 Å². The number of aromatic nitrogens is 2. The number of nitrogens with one attached hydrogen (secondary N) is 2. The van der Waals surface area contributed by atoms with Gasteiger partial charge >= 0.3 is 0 Å². The van der Waals surface area contributed by atoms with Crippen LogP contribution in [0.4, 0.5) is 4.39 Å². The Morgan fingerprint density at radius 2 is 2.32 bits per heavy atom. The molecule has 4 nitrogen and oxygen atoms in total. The van der Waals surface area contributed by atoms with Crippen molar-refractivity contribution in [1.29, 1.82) is 0 Å². The summed E-state index contributed by atoms with van der Waals surface area (Å²) in [5.74, 6) is -0.271. The monoisotopic (exact) mass is 277 g/mol. The lowest BCUT2D eigenvalue weighted by molar-refractivity contribution is 0.449. The topological polar surface area (TPSA) is 57.8 Å². The Labute approximate surface area is 113 Å². The predicted octanol–water partition coefficient (Wildman–Crippen LogP) is 1.98. The quantitative estimate of drug-likeness (QED) is 0.651. The number of halogens is 1. The molecule has 6 heteroatoms. The van der Waals surface area contributed by atoms with E-state index in [0.717, 1.165) is 5.56 Å². The lowest BCUT2D eigenvalue weighted by Crippen LogP contribution is -2.38. The normalized spacial score (nSPS) is 21.4. The summed E-state index contributed by atoms with van der Waals surface area (Å²) >= 11 is 1.34. The zero-order chi connectivity index (χ0) is 13.5. The maximum Gasteiger partial charge on any atom is 0.256 e. The van der Waals surface area contributed by atoms with E-state index >= 15 is 0 Å². The van der Waals surface area contributed by atoms with Gasteiger partial charge in [0.05, 0.1) is 17.4 Å². The third kappa shape index (κ3) is 2.17. The third-order valence-corrected chi connectivity index (χ3v) is 4.25. The van der Waals surface area contributed by atoms with Crippen LogP contribution < -0.4 is 10.3 Å². The maximum absolute atomic E-state index is 13.2. The molecule has 2 aromatic rings. The Balaban J connectivity index is 2.01. The molecule has 3 rings (SSSR count). The van der Waals surface area contributed by atoms with Gasteiger partial charge < -0.3 is 4.98 Å². The minimum Gasteiger partial charge on any atom is -0.313 e. The van der Waals surface area contributed by atoms with Crippen molar-refractivity contribution in [1.82, 2.24) is 14.7 Å². The summed E-state index contributed by atoms with van der Waals surface area (Å²) < 4.78 is 16.5. The van der Waals surface area contributed by atoms with Crippen LogP contribution in [-0.4, -0.2) is 9.97 Å². The van der Waals surface area contributed by atoms with E-state index in [1.807, 2.05) is 13.0 Å². The third-order valence-electron chi connectivity index (χ3n) is 3.19. The average Bonchev–Trinajstić information content (AvgIpc) is 2.68. The molecule has 1 aliphatic heterocycles. The summed E-state index contributed by atoms with van der Waals surface area (Å²) in [6.45, 7) is 1.92. The van der Waals surface area contributed by atoms with Crippen LogP contribution in [0.5, 0.6) is 0 Å². The van der Waals surface area contributed by atoms with Crippen molar-refractivity contribution in [2.75, 3.05) is 0 Å². The molecule has 19 heavy (non-hydrogen) atoms. The van der Waals surface area contributed by atoms with Gasteiger partial charge in [0, 0.05) is 0 Å². The molecule has 0 spiro atoms. The average molecular weight is 277 g/mol. The number of nitrogens with zero attached hydrogens (tertiary/aromatic N) is 1. The first-order valence-corrected chi connectivity index (χ1v) is 6.67. The molecule has 0 fully saturated rings. The number of fused-ring (bicyclic) bond motifs is 1. The van der Waals surface area contributed by atoms with Crippen LogP contribution in [0, 0.1) is 5.82 Å². The van der Waals surface area contributed by atoms with Crippen LogP contribution in [-0.2, 0) is 12.0 Å². The number of hydrogen-bond donors (Lipinski definition) is 2. The number of H-pyrrole nitrogens is 1. The predicted molar refractivity (Wildman–Crippen MR) is 71.3 cm³/mol. The van der Waals surface area contributed by atoms with Gasteiger partial charge in [0.25, 0.3) is 5.56 Å². The Kier molecular flexibility index (Phi) is 2.91. The first-order chi connectivity index (χ1) is 9.08. The summed E-state index contributed by atoms with van der Waals surface area (Å²) in [6, 6.07) is 6.42. The van der Waals surface area contributed by atoms with Crippen LogP contribution in [0.3, 0.4) is 0 Å². The van der Waals surface area contributed by atoms with Gasteiger partial charge in [-0.2, -0.15) is 0 Å². The zero-order valence-electron chi connectivity index (χ0n) is 10.2. The molecule has 0 saturated carbocycles. The van der Waals surface area contributed by atoms with Gasteiger partial charge in [-0.25, -0.2) is 14.1 Å². The molecule has 1 aromatic heterocycles. The van der Waals surface area contributed by atoms with E-state index in [9.17, 15) is 9.18 Å². The minimum atomic E-state index is -0.546. The second kappa shape index (κ2) is 4.47. The molecule has 1 atom stereocenters. The van der Waals surface area contributed by atoms with E-state index in [4.69, 9.17) is 0 Å². The highest BCUT2D eigenvalue weighted by Gasteiger charge is 2.38. The number of aromatic amines is 1. The molecule has 0 bridgehead atoms. The van der Waals surface area contributed by atoms with E-state index in [2.05, 4.69) is 14.7 Å².